The summed E-state index contributed by atoms with van der Waals surface area (Å²) < 4.78 is 21.5. The molecule has 2 aliphatic rings. The Morgan fingerprint density at radius 1 is 1.38 bits per heavy atom. The zero-order valence-corrected chi connectivity index (χ0v) is 9.44. The van der Waals surface area contributed by atoms with Crippen molar-refractivity contribution in [2.75, 3.05) is 18.8 Å². The molecule has 0 spiro atoms. The number of carbonyl (C=O) groups excluding carboxylic acids is 2. The predicted octanol–water partition coefficient (Wildman–Crippen LogP) is -1.30. The summed E-state index contributed by atoms with van der Waals surface area (Å²) in [5, 5.41) is 4.83. The number of imide groups is 1. The molecule has 2 aliphatic heterocycles. The molecule has 1 unspecified atom stereocenters. The van der Waals surface area contributed by atoms with E-state index in [4.69, 9.17) is 5.14 Å². The molecular weight excluding hydrogens is 234 g/mol. The molecule has 1 atom stereocenters. The van der Waals surface area contributed by atoms with E-state index in [9.17, 15) is 18.0 Å². The number of hydrogen-bond acceptors (Lipinski definition) is 4. The van der Waals surface area contributed by atoms with Gasteiger partial charge in [-0.05, 0) is 12.8 Å². The molecule has 2 N–H and O–H groups in total. The number of nitrogens with two attached hydrogens (primary N) is 1. The van der Waals surface area contributed by atoms with Crippen molar-refractivity contribution in [2.24, 2.45) is 5.14 Å². The molecule has 0 aliphatic carbocycles. The van der Waals surface area contributed by atoms with Crippen molar-refractivity contribution in [2.45, 2.75) is 18.9 Å². The first-order chi connectivity index (χ1) is 7.40. The van der Waals surface area contributed by atoms with Crippen LogP contribution in [-0.4, -0.2) is 55.0 Å². The van der Waals surface area contributed by atoms with Gasteiger partial charge in [-0.1, -0.05) is 0 Å². The summed E-state index contributed by atoms with van der Waals surface area (Å²) in [6.45, 7) is 0.421. The number of sulfonamides is 1. The van der Waals surface area contributed by atoms with Gasteiger partial charge in [-0.2, -0.15) is 0 Å². The summed E-state index contributed by atoms with van der Waals surface area (Å²) >= 11 is 0. The second-order valence-corrected chi connectivity index (χ2v) is 5.72. The lowest BCUT2D eigenvalue weighted by molar-refractivity contribution is -0.127. The molecule has 2 saturated heterocycles. The molecule has 2 rings (SSSR count). The molecule has 0 bridgehead atoms. The molecule has 3 amide bonds. The number of hydrogen-bond donors (Lipinski definition) is 1. The van der Waals surface area contributed by atoms with Crippen molar-refractivity contribution in [3.63, 3.8) is 0 Å². The number of urea groups is 1. The van der Waals surface area contributed by atoms with E-state index in [0.717, 1.165) is 11.3 Å². The zero-order chi connectivity index (χ0) is 11.9. The maximum atomic E-state index is 11.7. The lowest BCUT2D eigenvalue weighted by Crippen LogP contribution is -2.38. The second kappa shape index (κ2) is 3.70. The summed E-state index contributed by atoms with van der Waals surface area (Å²) in [6.07, 6.45) is 1.49. The summed E-state index contributed by atoms with van der Waals surface area (Å²) in [4.78, 5) is 25.9. The lowest BCUT2D eigenvalue weighted by atomic mass is 10.2. The van der Waals surface area contributed by atoms with Crippen LogP contribution in [0.1, 0.15) is 12.8 Å². The number of carbonyl (C=O) groups is 2. The van der Waals surface area contributed by atoms with Crippen LogP contribution in [0.25, 0.3) is 0 Å². The highest BCUT2D eigenvalue weighted by atomic mass is 32.2. The molecule has 16 heavy (non-hydrogen) atoms. The SMILES string of the molecule is NS(=O)(=O)CCN1C(=O)C2CCCN2C1=O. The van der Waals surface area contributed by atoms with Crippen LogP contribution in [0, 0.1) is 0 Å². The van der Waals surface area contributed by atoms with Gasteiger partial charge in [0.25, 0.3) is 5.91 Å². The molecule has 2 heterocycles. The first-order valence-corrected chi connectivity index (χ1v) is 6.74. The Kier molecular flexibility index (Phi) is 2.62. The van der Waals surface area contributed by atoms with Crippen LogP contribution in [0.15, 0.2) is 0 Å². The largest absolute Gasteiger partial charge is 0.327 e. The number of fused-ring (bicyclic) bond motifs is 1. The van der Waals surface area contributed by atoms with E-state index in [-0.39, 0.29) is 24.2 Å². The highest BCUT2D eigenvalue weighted by Crippen LogP contribution is 2.26. The van der Waals surface area contributed by atoms with Crippen molar-refractivity contribution < 1.29 is 18.0 Å². The van der Waals surface area contributed by atoms with Crippen LogP contribution in [0.3, 0.4) is 0 Å². The fraction of sp³-hybridized carbons (Fsp3) is 0.750. The normalized spacial score (nSPS) is 25.4. The van der Waals surface area contributed by atoms with Gasteiger partial charge < -0.3 is 4.90 Å². The minimum Gasteiger partial charge on any atom is -0.312 e. The molecule has 7 nitrogen and oxygen atoms in total. The van der Waals surface area contributed by atoms with Gasteiger partial charge in [0, 0.05) is 13.1 Å². The molecular formula is C8H13N3O4S. The molecule has 0 aromatic carbocycles. The molecule has 0 radical (unpaired) electrons. The highest BCUT2D eigenvalue weighted by Gasteiger charge is 2.47. The Hall–Kier alpha value is -1.15. The average molecular weight is 247 g/mol. The summed E-state index contributed by atoms with van der Waals surface area (Å²) in [7, 11) is -3.65. The van der Waals surface area contributed by atoms with E-state index in [1.165, 1.54) is 4.90 Å². The van der Waals surface area contributed by atoms with E-state index < -0.39 is 16.1 Å². The third kappa shape index (κ3) is 1.90. The quantitative estimate of drug-likeness (QED) is 0.626. The van der Waals surface area contributed by atoms with Gasteiger partial charge in [0.1, 0.15) is 6.04 Å². The number of primary sulfonamides is 1. The molecule has 90 valence electrons. The van der Waals surface area contributed by atoms with Crippen LogP contribution in [0.5, 0.6) is 0 Å². The fourth-order valence-corrected chi connectivity index (χ4v) is 2.54. The van der Waals surface area contributed by atoms with Crippen molar-refractivity contribution >= 4 is 22.0 Å². The lowest BCUT2D eigenvalue weighted by Gasteiger charge is -2.14. The molecule has 0 saturated carbocycles. The number of rotatable bonds is 3. The minimum absolute atomic E-state index is 0.149. The number of amides is 3. The van der Waals surface area contributed by atoms with Gasteiger partial charge in [-0.25, -0.2) is 18.4 Å². The van der Waals surface area contributed by atoms with Crippen molar-refractivity contribution in [1.29, 1.82) is 0 Å². The van der Waals surface area contributed by atoms with Crippen molar-refractivity contribution in [3.8, 4) is 0 Å². The molecule has 2 fully saturated rings. The van der Waals surface area contributed by atoms with E-state index in [1.54, 1.807) is 0 Å². The smallest absolute Gasteiger partial charge is 0.312 e. The Bertz CT molecular complexity index is 411. The topological polar surface area (TPSA) is 101 Å². The first kappa shape index (κ1) is 11.3. The molecule has 0 aromatic heterocycles. The van der Waals surface area contributed by atoms with Gasteiger partial charge in [-0.15, -0.1) is 0 Å². The van der Waals surface area contributed by atoms with Gasteiger partial charge in [0.05, 0.1) is 5.75 Å². The Labute approximate surface area is 93.2 Å². The second-order valence-electron chi connectivity index (χ2n) is 3.99. The highest BCUT2D eigenvalue weighted by molar-refractivity contribution is 7.89. The van der Waals surface area contributed by atoms with E-state index in [2.05, 4.69) is 0 Å². The maximum absolute atomic E-state index is 11.7. The van der Waals surface area contributed by atoms with Crippen LogP contribution in [0.4, 0.5) is 4.79 Å². The number of nitrogens with zero attached hydrogens (tertiary/aromatic N) is 2. The van der Waals surface area contributed by atoms with Gasteiger partial charge in [0.2, 0.25) is 10.0 Å². The Morgan fingerprint density at radius 3 is 2.62 bits per heavy atom. The van der Waals surface area contributed by atoms with Crippen LogP contribution >= 0.6 is 0 Å². The average Bonchev–Trinajstić information content (AvgIpc) is 2.69. The third-order valence-electron chi connectivity index (χ3n) is 2.88. The molecule has 8 heteroatoms. The summed E-state index contributed by atoms with van der Waals surface area (Å²) in [5.41, 5.74) is 0. The van der Waals surface area contributed by atoms with Crippen LogP contribution in [0.2, 0.25) is 0 Å². The van der Waals surface area contributed by atoms with Crippen molar-refractivity contribution in [1.82, 2.24) is 9.80 Å². The zero-order valence-electron chi connectivity index (χ0n) is 8.63. The van der Waals surface area contributed by atoms with Crippen molar-refractivity contribution in [3.05, 3.63) is 0 Å². The van der Waals surface area contributed by atoms with E-state index in [1.807, 2.05) is 0 Å². The summed E-state index contributed by atoms with van der Waals surface area (Å²) in [5.74, 6) is -0.684. The predicted molar refractivity (Wildman–Crippen MR) is 54.8 cm³/mol. The minimum atomic E-state index is -3.65. The maximum Gasteiger partial charge on any atom is 0.327 e. The van der Waals surface area contributed by atoms with Crippen LogP contribution in [-0.2, 0) is 14.8 Å². The van der Waals surface area contributed by atoms with E-state index >= 15 is 0 Å². The Balaban J connectivity index is 2.07. The summed E-state index contributed by atoms with van der Waals surface area (Å²) in [6, 6.07) is -0.774. The molecule has 0 aromatic rings. The van der Waals surface area contributed by atoms with Gasteiger partial charge >= 0.3 is 6.03 Å². The first-order valence-electron chi connectivity index (χ1n) is 5.02. The standard InChI is InChI=1S/C8H13N3O4S/c9-16(14,15)5-4-11-7(12)6-2-1-3-10(6)8(11)13/h6H,1-5H2,(H2,9,14,15). The van der Waals surface area contributed by atoms with Gasteiger partial charge in [-0.3, -0.25) is 9.69 Å². The monoisotopic (exact) mass is 247 g/mol. The third-order valence-corrected chi connectivity index (χ3v) is 3.63. The Morgan fingerprint density at radius 2 is 2.06 bits per heavy atom. The fourth-order valence-electron chi connectivity index (χ4n) is 2.11. The van der Waals surface area contributed by atoms with E-state index in [0.29, 0.717) is 13.0 Å². The van der Waals surface area contributed by atoms with Crippen LogP contribution < -0.4 is 5.14 Å². The van der Waals surface area contributed by atoms with Gasteiger partial charge in [0.15, 0.2) is 0 Å².